The highest BCUT2D eigenvalue weighted by Gasteiger charge is 2.25. The zero-order chi connectivity index (χ0) is 12.1. The summed E-state index contributed by atoms with van der Waals surface area (Å²) in [5, 5.41) is 10.0. The molecule has 0 aromatic rings. The maximum atomic E-state index is 10.0. The van der Waals surface area contributed by atoms with Gasteiger partial charge in [-0.3, -0.25) is 0 Å². The fraction of sp³-hybridized carbons (Fsp3) is 0.846. The summed E-state index contributed by atoms with van der Waals surface area (Å²) in [6, 6.07) is 0. The number of hydrogen-bond donors (Lipinski definition) is 1. The Balaban J connectivity index is 4.40. The molecular formula is C13H26OSi. The molecule has 0 radical (unpaired) electrons. The third-order valence-corrected chi connectivity index (χ3v) is 3.39. The van der Waals surface area contributed by atoms with Crippen LogP contribution in [0.1, 0.15) is 40.0 Å². The van der Waals surface area contributed by atoms with E-state index >= 15 is 0 Å². The number of rotatable bonds is 4. The van der Waals surface area contributed by atoms with Crippen molar-refractivity contribution in [1.29, 1.82) is 0 Å². The molecule has 1 unspecified atom stereocenters. The SMILES string of the molecule is CCCCC(C)(C)C(O)C#C[Si](C)(C)C. The highest BCUT2D eigenvalue weighted by Crippen LogP contribution is 2.27. The molecule has 0 saturated heterocycles. The van der Waals surface area contributed by atoms with Crippen LogP contribution in [0, 0.1) is 16.9 Å². The predicted molar refractivity (Wildman–Crippen MR) is 70.4 cm³/mol. The van der Waals surface area contributed by atoms with Crippen LogP contribution in [0.3, 0.4) is 0 Å². The smallest absolute Gasteiger partial charge is 0.129 e. The summed E-state index contributed by atoms with van der Waals surface area (Å²) < 4.78 is 0. The first-order chi connectivity index (χ1) is 6.69. The van der Waals surface area contributed by atoms with Crippen LogP contribution in [0.5, 0.6) is 0 Å². The normalized spacial score (nSPS) is 14.3. The van der Waals surface area contributed by atoms with Crippen molar-refractivity contribution in [2.24, 2.45) is 5.41 Å². The predicted octanol–water partition coefficient (Wildman–Crippen LogP) is 3.44. The van der Waals surface area contributed by atoms with E-state index in [0.717, 1.165) is 6.42 Å². The molecule has 15 heavy (non-hydrogen) atoms. The lowest BCUT2D eigenvalue weighted by molar-refractivity contribution is 0.0894. The molecule has 0 aliphatic rings. The van der Waals surface area contributed by atoms with E-state index in [-0.39, 0.29) is 5.41 Å². The molecule has 0 fully saturated rings. The maximum absolute atomic E-state index is 10.0. The minimum absolute atomic E-state index is 0.0668. The highest BCUT2D eigenvalue weighted by atomic mass is 28.3. The van der Waals surface area contributed by atoms with Gasteiger partial charge in [0.25, 0.3) is 0 Å². The molecule has 0 aliphatic heterocycles. The van der Waals surface area contributed by atoms with Gasteiger partial charge in [-0.05, 0) is 6.42 Å². The van der Waals surface area contributed by atoms with Crippen LogP contribution in [0.4, 0.5) is 0 Å². The van der Waals surface area contributed by atoms with Crippen molar-refractivity contribution in [3.63, 3.8) is 0 Å². The molecule has 0 saturated carbocycles. The highest BCUT2D eigenvalue weighted by molar-refractivity contribution is 6.83. The van der Waals surface area contributed by atoms with E-state index < -0.39 is 14.2 Å². The van der Waals surface area contributed by atoms with Gasteiger partial charge < -0.3 is 5.11 Å². The lowest BCUT2D eigenvalue weighted by atomic mass is 9.82. The van der Waals surface area contributed by atoms with Crippen LogP contribution < -0.4 is 0 Å². The number of hydrogen-bond acceptors (Lipinski definition) is 1. The molecule has 0 rings (SSSR count). The monoisotopic (exact) mass is 226 g/mol. The Labute approximate surface area is 96.3 Å². The largest absolute Gasteiger partial charge is 0.380 e. The van der Waals surface area contributed by atoms with Crippen LogP contribution in [0.15, 0.2) is 0 Å². The first-order valence-electron chi connectivity index (χ1n) is 5.90. The third kappa shape index (κ3) is 6.76. The van der Waals surface area contributed by atoms with Gasteiger partial charge in [-0.25, -0.2) is 0 Å². The molecule has 0 bridgehead atoms. The van der Waals surface area contributed by atoms with Gasteiger partial charge in [0.2, 0.25) is 0 Å². The minimum atomic E-state index is -1.35. The first kappa shape index (κ1) is 14.7. The van der Waals surface area contributed by atoms with Gasteiger partial charge in [0.05, 0.1) is 0 Å². The van der Waals surface area contributed by atoms with Crippen molar-refractivity contribution < 1.29 is 5.11 Å². The van der Waals surface area contributed by atoms with Gasteiger partial charge in [0, 0.05) is 5.41 Å². The zero-order valence-corrected chi connectivity index (χ0v) is 12.1. The summed E-state index contributed by atoms with van der Waals surface area (Å²) in [7, 11) is -1.35. The van der Waals surface area contributed by atoms with Crippen LogP contribution in [0.2, 0.25) is 19.6 Å². The lowest BCUT2D eigenvalue weighted by Gasteiger charge is -2.27. The molecule has 0 heterocycles. The topological polar surface area (TPSA) is 20.2 Å². The van der Waals surface area contributed by atoms with Gasteiger partial charge >= 0.3 is 0 Å². The number of aliphatic hydroxyl groups excluding tert-OH is 1. The minimum Gasteiger partial charge on any atom is -0.380 e. The van der Waals surface area contributed by atoms with E-state index in [0.29, 0.717) is 0 Å². The van der Waals surface area contributed by atoms with Gasteiger partial charge in [0.15, 0.2) is 0 Å². The van der Waals surface area contributed by atoms with E-state index in [1.54, 1.807) is 0 Å². The Morgan fingerprint density at radius 2 is 1.80 bits per heavy atom. The van der Waals surface area contributed by atoms with Gasteiger partial charge in [-0.15, -0.1) is 5.54 Å². The summed E-state index contributed by atoms with van der Waals surface area (Å²) in [5.41, 5.74) is 3.18. The number of aliphatic hydroxyl groups is 1. The van der Waals surface area contributed by atoms with Crippen molar-refractivity contribution in [3.05, 3.63) is 0 Å². The second kappa shape index (κ2) is 5.72. The summed E-state index contributed by atoms with van der Waals surface area (Å²) in [4.78, 5) is 0. The van der Waals surface area contributed by atoms with Crippen LogP contribution in [-0.2, 0) is 0 Å². The van der Waals surface area contributed by atoms with Crippen LogP contribution in [-0.4, -0.2) is 19.3 Å². The zero-order valence-electron chi connectivity index (χ0n) is 11.1. The van der Waals surface area contributed by atoms with Gasteiger partial charge in [-0.2, -0.15) is 0 Å². The quantitative estimate of drug-likeness (QED) is 0.575. The Hall–Kier alpha value is -0.263. The number of unbranched alkanes of at least 4 members (excludes halogenated alkanes) is 1. The maximum Gasteiger partial charge on any atom is 0.129 e. The van der Waals surface area contributed by atoms with E-state index in [1.807, 2.05) is 0 Å². The van der Waals surface area contributed by atoms with Crippen molar-refractivity contribution >= 4 is 8.07 Å². The molecule has 0 aromatic heterocycles. The van der Waals surface area contributed by atoms with Crippen LogP contribution in [0.25, 0.3) is 0 Å². The summed E-state index contributed by atoms with van der Waals surface area (Å²) in [6.45, 7) is 13.0. The molecule has 0 amide bonds. The Kier molecular flexibility index (Phi) is 5.62. The molecule has 88 valence electrons. The molecule has 0 aromatic carbocycles. The summed E-state index contributed by atoms with van der Waals surface area (Å²) in [5.74, 6) is 3.04. The van der Waals surface area contributed by atoms with Gasteiger partial charge in [0.1, 0.15) is 14.2 Å². The summed E-state index contributed by atoms with van der Waals surface area (Å²) >= 11 is 0. The molecule has 0 spiro atoms. The van der Waals surface area contributed by atoms with Crippen molar-refractivity contribution in [3.8, 4) is 11.5 Å². The van der Waals surface area contributed by atoms with Gasteiger partial charge in [-0.1, -0.05) is 59.2 Å². The Morgan fingerprint density at radius 1 is 1.27 bits per heavy atom. The fourth-order valence-corrected chi connectivity index (χ4v) is 1.82. The Morgan fingerprint density at radius 3 is 2.20 bits per heavy atom. The third-order valence-electron chi connectivity index (χ3n) is 2.50. The van der Waals surface area contributed by atoms with E-state index in [4.69, 9.17) is 0 Å². The molecule has 0 aliphatic carbocycles. The van der Waals surface area contributed by atoms with Crippen LogP contribution >= 0.6 is 0 Å². The molecular weight excluding hydrogens is 200 g/mol. The first-order valence-corrected chi connectivity index (χ1v) is 9.40. The molecule has 1 atom stereocenters. The standard InChI is InChI=1S/C13H26OSi/c1-7-8-10-13(2,3)12(14)9-11-15(4,5)6/h12,14H,7-8,10H2,1-6H3. The van der Waals surface area contributed by atoms with E-state index in [1.165, 1.54) is 12.8 Å². The molecule has 1 nitrogen and oxygen atoms in total. The van der Waals surface area contributed by atoms with E-state index in [9.17, 15) is 5.11 Å². The second-order valence-corrected chi connectivity index (χ2v) is 10.8. The summed E-state index contributed by atoms with van der Waals surface area (Å²) in [6.07, 6.45) is 2.91. The Bertz CT molecular complexity index is 239. The molecule has 2 heteroatoms. The average Bonchev–Trinajstić information content (AvgIpc) is 2.09. The van der Waals surface area contributed by atoms with Crippen molar-refractivity contribution in [2.45, 2.75) is 65.8 Å². The molecule has 1 N–H and O–H groups in total. The lowest BCUT2D eigenvalue weighted by Crippen LogP contribution is -2.29. The fourth-order valence-electron chi connectivity index (χ4n) is 1.25. The van der Waals surface area contributed by atoms with Crippen molar-refractivity contribution in [1.82, 2.24) is 0 Å². The average molecular weight is 226 g/mol. The van der Waals surface area contributed by atoms with E-state index in [2.05, 4.69) is 51.9 Å². The second-order valence-electron chi connectivity index (χ2n) is 6.01. The van der Waals surface area contributed by atoms with Crippen molar-refractivity contribution in [2.75, 3.05) is 0 Å².